The number of aliphatic hydroxyl groups excluding tert-OH is 1. The molecule has 0 saturated heterocycles. The first-order valence-corrected chi connectivity index (χ1v) is 6.67. The van der Waals surface area contributed by atoms with E-state index in [2.05, 4.69) is 6.92 Å². The lowest BCUT2D eigenvalue weighted by atomic mass is 10.1. The fourth-order valence-electron chi connectivity index (χ4n) is 1.77. The second-order valence-electron chi connectivity index (χ2n) is 4.50. The number of rotatable bonds is 8. The predicted octanol–water partition coefficient (Wildman–Crippen LogP) is 3.71. The lowest BCUT2D eigenvalue weighted by molar-refractivity contribution is 0.198. The monoisotopic (exact) mass is 252 g/mol. The molecule has 0 spiro atoms. The van der Waals surface area contributed by atoms with Crippen molar-refractivity contribution in [1.82, 2.24) is 0 Å². The van der Waals surface area contributed by atoms with Crippen LogP contribution in [0.25, 0.3) is 0 Å². The van der Waals surface area contributed by atoms with Crippen LogP contribution in [0.1, 0.15) is 51.2 Å². The molecular weight excluding hydrogens is 228 g/mol. The summed E-state index contributed by atoms with van der Waals surface area (Å²) in [5.41, 5.74) is 0.838. The third-order valence-electron chi connectivity index (χ3n) is 2.93. The van der Waals surface area contributed by atoms with Gasteiger partial charge in [0, 0.05) is 0 Å². The van der Waals surface area contributed by atoms with Gasteiger partial charge in [0.2, 0.25) is 0 Å². The van der Waals surface area contributed by atoms with Crippen LogP contribution < -0.4 is 9.47 Å². The van der Waals surface area contributed by atoms with E-state index in [1.165, 1.54) is 19.3 Å². The van der Waals surface area contributed by atoms with Crippen molar-refractivity contribution in [2.24, 2.45) is 0 Å². The highest BCUT2D eigenvalue weighted by Crippen LogP contribution is 2.30. The third-order valence-corrected chi connectivity index (χ3v) is 2.93. The average Bonchev–Trinajstić information content (AvgIpc) is 2.38. The summed E-state index contributed by atoms with van der Waals surface area (Å²) in [5.74, 6) is 1.43. The molecule has 0 saturated carbocycles. The Morgan fingerprint density at radius 3 is 2.56 bits per heavy atom. The Morgan fingerprint density at radius 1 is 1.17 bits per heavy atom. The number of unbranched alkanes of at least 4 members (excludes halogenated alkanes) is 3. The molecule has 1 aromatic rings. The van der Waals surface area contributed by atoms with E-state index in [4.69, 9.17) is 9.47 Å². The van der Waals surface area contributed by atoms with Gasteiger partial charge in [-0.15, -0.1) is 0 Å². The van der Waals surface area contributed by atoms with Crippen LogP contribution in [0, 0.1) is 0 Å². The maximum absolute atomic E-state index is 9.51. The minimum absolute atomic E-state index is 0.488. The van der Waals surface area contributed by atoms with Gasteiger partial charge in [-0.3, -0.25) is 0 Å². The first kappa shape index (κ1) is 14.8. The van der Waals surface area contributed by atoms with Crippen molar-refractivity contribution >= 4 is 0 Å². The Morgan fingerprint density at radius 2 is 1.94 bits per heavy atom. The number of aliphatic hydroxyl groups is 1. The maximum Gasteiger partial charge on any atom is 0.161 e. The van der Waals surface area contributed by atoms with Crippen molar-refractivity contribution in [1.29, 1.82) is 0 Å². The summed E-state index contributed by atoms with van der Waals surface area (Å²) < 4.78 is 11.0. The van der Waals surface area contributed by atoms with Crippen LogP contribution in [0.5, 0.6) is 11.5 Å². The summed E-state index contributed by atoms with van der Waals surface area (Å²) >= 11 is 0. The number of methoxy groups -OCH3 is 1. The molecule has 0 aliphatic rings. The summed E-state index contributed by atoms with van der Waals surface area (Å²) in [5, 5.41) is 9.51. The molecule has 0 fully saturated rings. The van der Waals surface area contributed by atoms with Crippen molar-refractivity contribution < 1.29 is 14.6 Å². The topological polar surface area (TPSA) is 38.7 Å². The van der Waals surface area contributed by atoms with Gasteiger partial charge in [0.15, 0.2) is 11.5 Å². The highest BCUT2D eigenvalue weighted by molar-refractivity contribution is 5.43. The molecule has 102 valence electrons. The molecule has 0 amide bonds. The molecule has 0 unspecified atom stereocenters. The largest absolute Gasteiger partial charge is 0.493 e. The molecule has 1 rings (SSSR count). The van der Waals surface area contributed by atoms with Gasteiger partial charge in [0.05, 0.1) is 19.8 Å². The van der Waals surface area contributed by atoms with Gasteiger partial charge in [-0.1, -0.05) is 32.3 Å². The van der Waals surface area contributed by atoms with E-state index in [9.17, 15) is 5.11 Å². The Labute approximate surface area is 110 Å². The first-order valence-electron chi connectivity index (χ1n) is 6.67. The molecule has 0 aliphatic carbocycles. The number of benzene rings is 1. The SMILES string of the molecule is CCCCCCOc1ccc([C@H](C)O)cc1OC. The lowest BCUT2D eigenvalue weighted by Crippen LogP contribution is -2.00. The molecule has 1 aromatic carbocycles. The quantitative estimate of drug-likeness (QED) is 0.717. The average molecular weight is 252 g/mol. The van der Waals surface area contributed by atoms with Gasteiger partial charge in [-0.05, 0) is 31.0 Å². The highest BCUT2D eigenvalue weighted by Gasteiger charge is 2.08. The fraction of sp³-hybridized carbons (Fsp3) is 0.600. The molecule has 0 aliphatic heterocycles. The Kier molecular flexibility index (Phi) is 6.58. The van der Waals surface area contributed by atoms with Crippen LogP contribution in [0.3, 0.4) is 0 Å². The second-order valence-corrected chi connectivity index (χ2v) is 4.50. The molecule has 0 aromatic heterocycles. The molecule has 3 nitrogen and oxygen atoms in total. The van der Waals surface area contributed by atoms with E-state index in [0.717, 1.165) is 17.7 Å². The van der Waals surface area contributed by atoms with E-state index in [0.29, 0.717) is 12.4 Å². The number of ether oxygens (including phenoxy) is 2. The van der Waals surface area contributed by atoms with E-state index in [1.807, 2.05) is 18.2 Å². The van der Waals surface area contributed by atoms with Crippen molar-refractivity contribution in [2.45, 2.75) is 45.6 Å². The normalized spacial score (nSPS) is 12.2. The van der Waals surface area contributed by atoms with E-state index < -0.39 is 6.10 Å². The third kappa shape index (κ3) is 4.57. The molecule has 3 heteroatoms. The minimum atomic E-state index is -0.488. The van der Waals surface area contributed by atoms with Gasteiger partial charge >= 0.3 is 0 Å². The van der Waals surface area contributed by atoms with Gasteiger partial charge in [-0.25, -0.2) is 0 Å². The highest BCUT2D eigenvalue weighted by atomic mass is 16.5. The molecule has 0 radical (unpaired) electrons. The van der Waals surface area contributed by atoms with E-state index in [1.54, 1.807) is 14.0 Å². The van der Waals surface area contributed by atoms with Crippen LogP contribution in [0.15, 0.2) is 18.2 Å². The molecule has 0 bridgehead atoms. The fourth-order valence-corrected chi connectivity index (χ4v) is 1.77. The van der Waals surface area contributed by atoms with Crippen LogP contribution in [0.2, 0.25) is 0 Å². The van der Waals surface area contributed by atoms with E-state index >= 15 is 0 Å². The summed E-state index contributed by atoms with van der Waals surface area (Å²) in [7, 11) is 1.62. The van der Waals surface area contributed by atoms with Crippen molar-refractivity contribution in [3.63, 3.8) is 0 Å². The molecule has 1 atom stereocenters. The van der Waals surface area contributed by atoms with Crippen molar-refractivity contribution in [3.05, 3.63) is 23.8 Å². The van der Waals surface area contributed by atoms with Gasteiger partial charge in [0.25, 0.3) is 0 Å². The standard InChI is InChI=1S/C15H24O3/c1-4-5-6-7-10-18-14-9-8-13(12(2)16)11-15(14)17-3/h8-9,11-12,16H,4-7,10H2,1-3H3/t12-/m0/s1. The first-order chi connectivity index (χ1) is 8.69. The van der Waals surface area contributed by atoms with Gasteiger partial charge in [0.1, 0.15) is 0 Å². The summed E-state index contributed by atoms with van der Waals surface area (Å²) in [4.78, 5) is 0. The molecule has 18 heavy (non-hydrogen) atoms. The van der Waals surface area contributed by atoms with Gasteiger partial charge in [-0.2, -0.15) is 0 Å². The Hall–Kier alpha value is -1.22. The van der Waals surface area contributed by atoms with Crippen molar-refractivity contribution in [3.8, 4) is 11.5 Å². The summed E-state index contributed by atoms with van der Waals surface area (Å²) in [6, 6.07) is 5.56. The minimum Gasteiger partial charge on any atom is -0.493 e. The Balaban J connectivity index is 2.54. The molecule has 0 heterocycles. The summed E-state index contributed by atoms with van der Waals surface area (Å²) in [6.07, 6.45) is 4.26. The maximum atomic E-state index is 9.51. The van der Waals surface area contributed by atoms with Crippen LogP contribution in [-0.4, -0.2) is 18.8 Å². The zero-order valence-electron chi connectivity index (χ0n) is 11.6. The summed E-state index contributed by atoms with van der Waals surface area (Å²) in [6.45, 7) is 4.64. The predicted molar refractivity (Wildman–Crippen MR) is 73.3 cm³/mol. The Bertz CT molecular complexity index is 348. The van der Waals surface area contributed by atoms with Crippen LogP contribution in [0.4, 0.5) is 0 Å². The molecular formula is C15H24O3. The van der Waals surface area contributed by atoms with Crippen LogP contribution in [-0.2, 0) is 0 Å². The van der Waals surface area contributed by atoms with Crippen molar-refractivity contribution in [2.75, 3.05) is 13.7 Å². The number of hydrogen-bond acceptors (Lipinski definition) is 3. The lowest BCUT2D eigenvalue weighted by Gasteiger charge is -2.13. The zero-order valence-corrected chi connectivity index (χ0v) is 11.6. The van der Waals surface area contributed by atoms with Crippen LogP contribution >= 0.6 is 0 Å². The van der Waals surface area contributed by atoms with E-state index in [-0.39, 0.29) is 0 Å². The zero-order chi connectivity index (χ0) is 13.4. The number of hydrogen-bond donors (Lipinski definition) is 1. The molecule has 1 N–H and O–H groups in total. The smallest absolute Gasteiger partial charge is 0.161 e. The second kappa shape index (κ2) is 7.98. The van der Waals surface area contributed by atoms with Gasteiger partial charge < -0.3 is 14.6 Å².